The highest BCUT2D eigenvalue weighted by Gasteiger charge is 2.42. The van der Waals surface area contributed by atoms with E-state index < -0.39 is 18.9 Å². The number of ether oxygens (including phenoxy) is 1. The number of aromatic nitrogens is 2. The van der Waals surface area contributed by atoms with Crippen molar-refractivity contribution in [1.82, 2.24) is 9.55 Å². The van der Waals surface area contributed by atoms with E-state index in [0.29, 0.717) is 5.75 Å². The van der Waals surface area contributed by atoms with Crippen LogP contribution >= 0.6 is 0 Å². The normalized spacial score (nSPS) is 12.6. The van der Waals surface area contributed by atoms with Gasteiger partial charge in [0, 0.05) is 0 Å². The van der Waals surface area contributed by atoms with Gasteiger partial charge in [0.25, 0.3) is 0 Å². The maximum Gasteiger partial charge on any atom is 0.324 e. The average molecular weight is 305 g/mol. The number of anilines is 1. The number of alkyl halides is 4. The second kappa shape index (κ2) is 5.42. The van der Waals surface area contributed by atoms with Gasteiger partial charge in [-0.1, -0.05) is 6.07 Å². The smallest absolute Gasteiger partial charge is 0.324 e. The highest BCUT2D eigenvalue weighted by atomic mass is 19.3. The summed E-state index contributed by atoms with van der Waals surface area (Å²) < 4.78 is 57.5. The largest absolute Gasteiger partial charge is 0.489 e. The third kappa shape index (κ3) is 3.03. The first-order valence-corrected chi connectivity index (χ1v) is 6.29. The molecule has 0 spiro atoms. The molecule has 2 rings (SSSR count). The Labute approximate surface area is 118 Å². The molecular weight excluding hydrogens is 290 g/mol. The zero-order chi connectivity index (χ0) is 15.8. The van der Waals surface area contributed by atoms with Crippen LogP contribution in [0, 0.1) is 0 Å². The Balaban J connectivity index is 2.49. The van der Waals surface area contributed by atoms with Gasteiger partial charge in [-0.15, -0.1) is 0 Å². The van der Waals surface area contributed by atoms with Gasteiger partial charge in [0.15, 0.2) is 0 Å². The minimum absolute atomic E-state index is 0.149. The SMILES string of the molecule is CC(C)Oc1cccc2c1nc(N)n2CC(F)(F)C(F)F. The molecule has 21 heavy (non-hydrogen) atoms. The van der Waals surface area contributed by atoms with Gasteiger partial charge in [0.05, 0.1) is 18.2 Å². The molecule has 4 nitrogen and oxygen atoms in total. The van der Waals surface area contributed by atoms with Crippen LogP contribution in [0.5, 0.6) is 5.75 Å². The first-order valence-electron chi connectivity index (χ1n) is 6.29. The molecule has 0 amide bonds. The van der Waals surface area contributed by atoms with E-state index in [0.717, 1.165) is 4.57 Å². The average Bonchev–Trinajstić information content (AvgIpc) is 2.66. The molecule has 0 atom stereocenters. The maximum atomic E-state index is 13.2. The summed E-state index contributed by atoms with van der Waals surface area (Å²) >= 11 is 0. The van der Waals surface area contributed by atoms with Crippen molar-refractivity contribution in [2.75, 3.05) is 5.73 Å². The van der Waals surface area contributed by atoms with Gasteiger partial charge in [0.2, 0.25) is 5.95 Å². The maximum absolute atomic E-state index is 13.2. The standard InChI is InChI=1S/C13H15F4N3O/c1-7(2)21-9-5-3-4-8-10(9)19-12(18)20(8)6-13(16,17)11(14)15/h3-5,7,11H,6H2,1-2H3,(H2,18,19). The van der Waals surface area contributed by atoms with Crippen LogP contribution in [0.4, 0.5) is 23.5 Å². The van der Waals surface area contributed by atoms with Crippen LogP contribution in [-0.2, 0) is 6.54 Å². The summed E-state index contributed by atoms with van der Waals surface area (Å²) in [5.74, 6) is -4.07. The summed E-state index contributed by atoms with van der Waals surface area (Å²) in [6.45, 7) is 2.35. The molecule has 2 N–H and O–H groups in total. The van der Waals surface area contributed by atoms with E-state index >= 15 is 0 Å². The number of para-hydroxylation sites is 1. The van der Waals surface area contributed by atoms with E-state index in [9.17, 15) is 17.6 Å². The van der Waals surface area contributed by atoms with Gasteiger partial charge in [-0.2, -0.15) is 8.78 Å². The third-order valence-corrected chi connectivity index (χ3v) is 2.82. The first-order chi connectivity index (χ1) is 9.72. The molecule has 0 aliphatic heterocycles. The predicted molar refractivity (Wildman–Crippen MR) is 70.9 cm³/mol. The van der Waals surface area contributed by atoms with Crippen LogP contribution in [0.25, 0.3) is 11.0 Å². The van der Waals surface area contributed by atoms with Gasteiger partial charge in [-0.3, -0.25) is 0 Å². The first kappa shape index (κ1) is 15.4. The van der Waals surface area contributed by atoms with Gasteiger partial charge < -0.3 is 15.0 Å². The molecule has 2 aromatic rings. The van der Waals surface area contributed by atoms with E-state index in [2.05, 4.69) is 4.98 Å². The van der Waals surface area contributed by atoms with Gasteiger partial charge in [-0.25, -0.2) is 13.8 Å². The summed E-state index contributed by atoms with van der Waals surface area (Å²) in [6, 6.07) is 4.66. The van der Waals surface area contributed by atoms with Crippen molar-refractivity contribution >= 4 is 17.0 Å². The van der Waals surface area contributed by atoms with Crippen molar-refractivity contribution in [3.05, 3.63) is 18.2 Å². The van der Waals surface area contributed by atoms with Gasteiger partial charge in [-0.05, 0) is 26.0 Å². The minimum Gasteiger partial charge on any atom is -0.489 e. The van der Waals surface area contributed by atoms with Crippen LogP contribution < -0.4 is 10.5 Å². The summed E-state index contributed by atoms with van der Waals surface area (Å²) in [4.78, 5) is 3.95. The Hall–Kier alpha value is -1.99. The monoisotopic (exact) mass is 305 g/mol. The Kier molecular flexibility index (Phi) is 3.97. The van der Waals surface area contributed by atoms with Gasteiger partial charge >= 0.3 is 12.3 Å². The number of hydrogen-bond acceptors (Lipinski definition) is 3. The highest BCUT2D eigenvalue weighted by molar-refractivity contribution is 5.84. The molecule has 0 fully saturated rings. The molecule has 1 heterocycles. The number of benzene rings is 1. The lowest BCUT2D eigenvalue weighted by Gasteiger charge is -2.17. The van der Waals surface area contributed by atoms with Crippen LogP contribution in [0.2, 0.25) is 0 Å². The molecule has 1 aromatic heterocycles. The van der Waals surface area contributed by atoms with Crippen molar-refractivity contribution < 1.29 is 22.3 Å². The second-order valence-corrected chi connectivity index (χ2v) is 4.91. The van der Waals surface area contributed by atoms with Crippen molar-refractivity contribution in [2.24, 2.45) is 0 Å². The molecule has 0 bridgehead atoms. The van der Waals surface area contributed by atoms with Crippen LogP contribution in [0.3, 0.4) is 0 Å². The molecule has 1 aromatic carbocycles. The van der Waals surface area contributed by atoms with Crippen LogP contribution in [0.15, 0.2) is 18.2 Å². The van der Waals surface area contributed by atoms with Crippen molar-refractivity contribution in [1.29, 1.82) is 0 Å². The fraction of sp³-hybridized carbons (Fsp3) is 0.462. The van der Waals surface area contributed by atoms with Crippen molar-refractivity contribution in [2.45, 2.75) is 38.8 Å². The lowest BCUT2D eigenvalue weighted by Crippen LogP contribution is -2.32. The molecule has 0 saturated carbocycles. The lowest BCUT2D eigenvalue weighted by molar-refractivity contribution is -0.136. The van der Waals surface area contributed by atoms with Crippen molar-refractivity contribution in [3.8, 4) is 5.75 Å². The Morgan fingerprint density at radius 3 is 2.57 bits per heavy atom. The predicted octanol–water partition coefficient (Wildman–Crippen LogP) is 3.31. The quantitative estimate of drug-likeness (QED) is 0.862. The van der Waals surface area contributed by atoms with E-state index in [1.807, 2.05) is 0 Å². The fourth-order valence-corrected chi connectivity index (χ4v) is 1.93. The number of halogens is 4. The topological polar surface area (TPSA) is 53.1 Å². The summed E-state index contributed by atoms with van der Waals surface area (Å²) in [5.41, 5.74) is 6.08. The van der Waals surface area contributed by atoms with Crippen molar-refractivity contribution in [3.63, 3.8) is 0 Å². The Bertz CT molecular complexity index is 640. The van der Waals surface area contributed by atoms with E-state index in [4.69, 9.17) is 10.5 Å². The number of fused-ring (bicyclic) bond motifs is 1. The van der Waals surface area contributed by atoms with Crippen LogP contribution in [0.1, 0.15) is 13.8 Å². The number of hydrogen-bond donors (Lipinski definition) is 1. The molecule has 8 heteroatoms. The fourth-order valence-electron chi connectivity index (χ4n) is 1.93. The van der Waals surface area contributed by atoms with Crippen LogP contribution in [-0.4, -0.2) is 28.0 Å². The molecule has 116 valence electrons. The number of nitrogens with zero attached hydrogens (tertiary/aromatic N) is 2. The molecule has 0 radical (unpaired) electrons. The molecule has 0 unspecified atom stereocenters. The summed E-state index contributed by atoms with van der Waals surface area (Å²) in [5, 5.41) is 0. The highest BCUT2D eigenvalue weighted by Crippen LogP contribution is 2.32. The molecule has 0 aliphatic carbocycles. The molecule has 0 saturated heterocycles. The number of imidazole rings is 1. The van der Waals surface area contributed by atoms with E-state index in [-0.39, 0.29) is 23.1 Å². The van der Waals surface area contributed by atoms with Gasteiger partial charge in [0.1, 0.15) is 11.3 Å². The number of rotatable bonds is 5. The van der Waals surface area contributed by atoms with E-state index in [1.165, 1.54) is 6.07 Å². The summed E-state index contributed by atoms with van der Waals surface area (Å²) in [7, 11) is 0. The zero-order valence-corrected chi connectivity index (χ0v) is 11.5. The van der Waals surface area contributed by atoms with E-state index in [1.54, 1.807) is 26.0 Å². The Morgan fingerprint density at radius 2 is 2.00 bits per heavy atom. The zero-order valence-electron chi connectivity index (χ0n) is 11.5. The number of nitrogen functional groups attached to an aromatic ring is 1. The lowest BCUT2D eigenvalue weighted by atomic mass is 10.2. The summed E-state index contributed by atoms with van der Waals surface area (Å²) in [6.07, 6.45) is -3.92. The minimum atomic E-state index is -4.18. The third-order valence-electron chi connectivity index (χ3n) is 2.82. The number of nitrogens with two attached hydrogens (primary N) is 1. The molecular formula is C13H15F4N3O. The molecule has 0 aliphatic rings. The second-order valence-electron chi connectivity index (χ2n) is 4.91. The Morgan fingerprint density at radius 1 is 1.33 bits per heavy atom.